The van der Waals surface area contributed by atoms with Crippen molar-refractivity contribution in [3.8, 4) is 6.07 Å². The SMILES string of the molecule is Cc1cccc(C(O)C2(C#N)CCC(C)(C)CC2)c1C. The van der Waals surface area contributed by atoms with E-state index in [4.69, 9.17) is 0 Å². The number of benzene rings is 1. The lowest BCUT2D eigenvalue weighted by Crippen LogP contribution is -2.35. The Kier molecular flexibility index (Phi) is 3.93. The van der Waals surface area contributed by atoms with E-state index in [1.54, 1.807) is 0 Å². The van der Waals surface area contributed by atoms with Gasteiger partial charge in [0, 0.05) is 0 Å². The van der Waals surface area contributed by atoms with Crippen molar-refractivity contribution in [2.45, 2.75) is 59.5 Å². The fraction of sp³-hybridized carbons (Fsp3) is 0.611. The Morgan fingerprint density at radius 1 is 1.15 bits per heavy atom. The van der Waals surface area contributed by atoms with Crippen LogP contribution in [-0.4, -0.2) is 5.11 Å². The fourth-order valence-corrected chi connectivity index (χ4v) is 3.19. The number of aliphatic hydroxyl groups is 1. The summed E-state index contributed by atoms with van der Waals surface area (Å²) in [7, 11) is 0. The Morgan fingerprint density at radius 2 is 1.75 bits per heavy atom. The Hall–Kier alpha value is -1.33. The van der Waals surface area contributed by atoms with Gasteiger partial charge in [0.05, 0.1) is 17.6 Å². The third-order valence-corrected chi connectivity index (χ3v) is 5.18. The van der Waals surface area contributed by atoms with Gasteiger partial charge in [-0.2, -0.15) is 5.26 Å². The highest BCUT2D eigenvalue weighted by Crippen LogP contribution is 2.51. The highest BCUT2D eigenvalue weighted by Gasteiger charge is 2.44. The topological polar surface area (TPSA) is 44.0 Å². The average molecular weight is 271 g/mol. The summed E-state index contributed by atoms with van der Waals surface area (Å²) < 4.78 is 0. The van der Waals surface area contributed by atoms with Crippen molar-refractivity contribution in [1.82, 2.24) is 0 Å². The van der Waals surface area contributed by atoms with Crippen LogP contribution < -0.4 is 0 Å². The van der Waals surface area contributed by atoms with E-state index in [2.05, 4.69) is 32.9 Å². The van der Waals surface area contributed by atoms with Crippen molar-refractivity contribution in [1.29, 1.82) is 5.26 Å². The number of aliphatic hydroxyl groups excluding tert-OH is 1. The maximum atomic E-state index is 10.8. The predicted molar refractivity (Wildman–Crippen MR) is 81.2 cm³/mol. The van der Waals surface area contributed by atoms with Gasteiger partial charge in [-0.05, 0) is 61.6 Å². The molecule has 1 saturated carbocycles. The smallest absolute Gasteiger partial charge is 0.0978 e. The van der Waals surface area contributed by atoms with Crippen molar-refractivity contribution in [2.75, 3.05) is 0 Å². The van der Waals surface area contributed by atoms with Crippen molar-refractivity contribution in [3.63, 3.8) is 0 Å². The van der Waals surface area contributed by atoms with Crippen LogP contribution in [0.5, 0.6) is 0 Å². The molecular weight excluding hydrogens is 246 g/mol. The number of nitrogens with zero attached hydrogens (tertiary/aromatic N) is 1. The first-order valence-corrected chi connectivity index (χ1v) is 7.47. The molecule has 0 aromatic heterocycles. The summed E-state index contributed by atoms with van der Waals surface area (Å²) in [4.78, 5) is 0. The number of hydrogen-bond acceptors (Lipinski definition) is 2. The number of aryl methyl sites for hydroxylation is 1. The molecular formula is C18H25NO. The molecule has 0 bridgehead atoms. The Bertz CT molecular complexity index is 529. The summed E-state index contributed by atoms with van der Waals surface area (Å²) >= 11 is 0. The second kappa shape index (κ2) is 5.22. The molecule has 1 aromatic rings. The zero-order valence-corrected chi connectivity index (χ0v) is 13.0. The van der Waals surface area contributed by atoms with Gasteiger partial charge in [-0.3, -0.25) is 0 Å². The maximum absolute atomic E-state index is 10.8. The molecule has 1 fully saturated rings. The first kappa shape index (κ1) is 15.1. The molecule has 0 radical (unpaired) electrons. The Balaban J connectivity index is 2.33. The minimum Gasteiger partial charge on any atom is -0.387 e. The van der Waals surface area contributed by atoms with E-state index >= 15 is 0 Å². The highest BCUT2D eigenvalue weighted by molar-refractivity contribution is 5.36. The number of nitriles is 1. The van der Waals surface area contributed by atoms with E-state index in [9.17, 15) is 10.4 Å². The molecule has 108 valence electrons. The minimum absolute atomic E-state index is 0.293. The second-order valence-corrected chi connectivity index (χ2v) is 7.12. The normalized spacial score (nSPS) is 22.0. The van der Waals surface area contributed by atoms with Crippen LogP contribution in [0, 0.1) is 36.0 Å². The largest absolute Gasteiger partial charge is 0.387 e. The van der Waals surface area contributed by atoms with Crippen molar-refractivity contribution in [2.24, 2.45) is 10.8 Å². The summed E-state index contributed by atoms with van der Waals surface area (Å²) in [6.45, 7) is 8.58. The van der Waals surface area contributed by atoms with Crippen LogP contribution in [0.2, 0.25) is 0 Å². The molecule has 20 heavy (non-hydrogen) atoms. The van der Waals surface area contributed by atoms with Crippen molar-refractivity contribution < 1.29 is 5.11 Å². The molecule has 0 spiro atoms. The van der Waals surface area contributed by atoms with Gasteiger partial charge in [-0.15, -0.1) is 0 Å². The number of hydrogen-bond donors (Lipinski definition) is 1. The van der Waals surface area contributed by atoms with Crippen LogP contribution in [-0.2, 0) is 0 Å². The summed E-state index contributed by atoms with van der Waals surface area (Å²) in [5.74, 6) is 0. The van der Waals surface area contributed by atoms with Gasteiger partial charge in [0.25, 0.3) is 0 Å². The van der Waals surface area contributed by atoms with E-state index < -0.39 is 11.5 Å². The van der Waals surface area contributed by atoms with Gasteiger partial charge in [-0.1, -0.05) is 32.0 Å². The first-order chi connectivity index (χ1) is 9.31. The van der Waals surface area contributed by atoms with Gasteiger partial charge in [-0.25, -0.2) is 0 Å². The predicted octanol–water partition coefficient (Wildman–Crippen LogP) is 4.45. The van der Waals surface area contributed by atoms with Gasteiger partial charge >= 0.3 is 0 Å². The van der Waals surface area contributed by atoms with Crippen molar-refractivity contribution >= 4 is 0 Å². The van der Waals surface area contributed by atoms with E-state index in [1.807, 2.05) is 19.1 Å². The molecule has 0 heterocycles. The van der Waals surface area contributed by atoms with Gasteiger partial charge in [0.15, 0.2) is 0 Å². The van der Waals surface area contributed by atoms with Gasteiger partial charge in [0.1, 0.15) is 0 Å². The molecule has 1 aliphatic carbocycles. The third kappa shape index (κ3) is 2.60. The van der Waals surface area contributed by atoms with Gasteiger partial charge < -0.3 is 5.11 Å². The maximum Gasteiger partial charge on any atom is 0.0978 e. The molecule has 1 aliphatic rings. The molecule has 1 N–H and O–H groups in total. The van der Waals surface area contributed by atoms with Gasteiger partial charge in [0.2, 0.25) is 0 Å². The Labute approximate surface area is 122 Å². The molecule has 2 nitrogen and oxygen atoms in total. The minimum atomic E-state index is -0.677. The highest BCUT2D eigenvalue weighted by atomic mass is 16.3. The first-order valence-electron chi connectivity index (χ1n) is 7.47. The molecule has 1 aromatic carbocycles. The van der Waals surface area contributed by atoms with E-state index in [0.717, 1.165) is 36.8 Å². The van der Waals surface area contributed by atoms with Crippen LogP contribution in [0.4, 0.5) is 0 Å². The zero-order chi connectivity index (χ0) is 15.0. The van der Waals surface area contributed by atoms with E-state index in [1.165, 1.54) is 5.56 Å². The number of rotatable bonds is 2. The lowest BCUT2D eigenvalue weighted by atomic mass is 9.62. The van der Waals surface area contributed by atoms with Crippen molar-refractivity contribution in [3.05, 3.63) is 34.9 Å². The van der Waals surface area contributed by atoms with Crippen LogP contribution in [0.25, 0.3) is 0 Å². The van der Waals surface area contributed by atoms with E-state index in [0.29, 0.717) is 5.41 Å². The average Bonchev–Trinajstić information content (AvgIpc) is 2.42. The lowest BCUT2D eigenvalue weighted by Gasteiger charge is -2.42. The summed E-state index contributed by atoms with van der Waals surface area (Å²) in [6.07, 6.45) is 2.89. The Morgan fingerprint density at radius 3 is 2.30 bits per heavy atom. The third-order valence-electron chi connectivity index (χ3n) is 5.18. The summed E-state index contributed by atoms with van der Waals surface area (Å²) in [6, 6.07) is 8.44. The molecule has 1 unspecified atom stereocenters. The lowest BCUT2D eigenvalue weighted by molar-refractivity contribution is 0.00917. The molecule has 0 aliphatic heterocycles. The van der Waals surface area contributed by atoms with Crippen LogP contribution >= 0.6 is 0 Å². The summed E-state index contributed by atoms with van der Waals surface area (Å²) in [5.41, 5.74) is 2.88. The van der Waals surface area contributed by atoms with Crippen LogP contribution in [0.15, 0.2) is 18.2 Å². The molecule has 0 saturated heterocycles. The molecule has 1 atom stereocenters. The summed E-state index contributed by atoms with van der Waals surface area (Å²) in [5, 5.41) is 20.5. The van der Waals surface area contributed by atoms with Crippen LogP contribution in [0.1, 0.15) is 62.3 Å². The molecule has 2 heteroatoms. The van der Waals surface area contributed by atoms with E-state index in [-0.39, 0.29) is 0 Å². The van der Waals surface area contributed by atoms with Crippen LogP contribution in [0.3, 0.4) is 0 Å². The standard InChI is InChI=1S/C18H25NO/c1-13-6-5-7-15(14(13)2)16(20)18(12-19)10-8-17(3,4)9-11-18/h5-7,16,20H,8-11H2,1-4H3. The second-order valence-electron chi connectivity index (χ2n) is 7.12. The molecule has 2 rings (SSSR count). The molecule has 0 amide bonds. The monoisotopic (exact) mass is 271 g/mol. The fourth-order valence-electron chi connectivity index (χ4n) is 3.19. The zero-order valence-electron chi connectivity index (χ0n) is 13.0. The quantitative estimate of drug-likeness (QED) is 0.863.